The molecule has 1 heterocycles. The van der Waals surface area contributed by atoms with Crippen LogP contribution in [0.15, 0.2) is 48.7 Å². The Kier molecular flexibility index (Phi) is 6.60. The highest BCUT2D eigenvalue weighted by Gasteiger charge is 2.20. The van der Waals surface area contributed by atoms with Crippen molar-refractivity contribution in [1.82, 2.24) is 14.9 Å². The molecule has 0 fully saturated rings. The summed E-state index contributed by atoms with van der Waals surface area (Å²) in [7, 11) is 5.36. The van der Waals surface area contributed by atoms with E-state index >= 15 is 0 Å². The minimum atomic E-state index is 0.105. The second-order valence-corrected chi connectivity index (χ2v) is 7.51. The average molecular weight is 394 g/mol. The van der Waals surface area contributed by atoms with Crippen LogP contribution in [-0.4, -0.2) is 23.8 Å². The molecule has 0 unspecified atom stereocenters. The van der Waals surface area contributed by atoms with Gasteiger partial charge in [0.15, 0.2) is 11.5 Å². The predicted molar refractivity (Wildman–Crippen MR) is 117 cm³/mol. The van der Waals surface area contributed by atoms with Crippen LogP contribution in [0.25, 0.3) is 0 Å². The summed E-state index contributed by atoms with van der Waals surface area (Å²) in [6.45, 7) is 6.34. The van der Waals surface area contributed by atoms with E-state index in [1.54, 1.807) is 14.2 Å². The van der Waals surface area contributed by atoms with E-state index in [0.29, 0.717) is 0 Å². The van der Waals surface area contributed by atoms with E-state index in [0.717, 1.165) is 35.0 Å². The first-order chi connectivity index (χ1) is 13.9. The molecular weight excluding hydrogens is 362 g/mol. The van der Waals surface area contributed by atoms with Gasteiger partial charge in [0.2, 0.25) is 0 Å². The molecule has 0 bridgehead atoms. The van der Waals surface area contributed by atoms with Gasteiger partial charge in [-0.05, 0) is 56.0 Å². The van der Waals surface area contributed by atoms with Gasteiger partial charge in [0.25, 0.3) is 0 Å². The van der Waals surface area contributed by atoms with Gasteiger partial charge < -0.3 is 19.4 Å². The van der Waals surface area contributed by atoms with Gasteiger partial charge in [0, 0.05) is 25.3 Å². The zero-order valence-corrected chi connectivity index (χ0v) is 18.2. The third-order valence-electron chi connectivity index (χ3n) is 5.52. The van der Waals surface area contributed by atoms with E-state index in [2.05, 4.69) is 66.3 Å². The molecule has 1 N–H and O–H groups in total. The van der Waals surface area contributed by atoms with Crippen molar-refractivity contribution in [3.63, 3.8) is 0 Å². The SMILES string of the molecule is COc1ccc([C@@H](Cc2ccccc2C)N[C@H](C)c2cn(C)c(C)n2)cc1OC. The molecule has 0 radical (unpaired) electrons. The predicted octanol–water partition coefficient (Wildman–Crippen LogP) is 4.69. The Hall–Kier alpha value is -2.79. The molecule has 0 spiro atoms. The molecular formula is C24H31N3O2. The van der Waals surface area contributed by atoms with Gasteiger partial charge in [-0.25, -0.2) is 4.98 Å². The summed E-state index contributed by atoms with van der Waals surface area (Å²) < 4.78 is 13.0. The lowest BCUT2D eigenvalue weighted by Crippen LogP contribution is -2.27. The Balaban J connectivity index is 1.94. The van der Waals surface area contributed by atoms with Gasteiger partial charge in [-0.3, -0.25) is 0 Å². The van der Waals surface area contributed by atoms with Crippen molar-refractivity contribution in [3.8, 4) is 11.5 Å². The molecule has 0 amide bonds. The number of aromatic nitrogens is 2. The summed E-state index contributed by atoms with van der Waals surface area (Å²) in [5.41, 5.74) is 4.82. The molecule has 0 saturated heterocycles. The minimum absolute atomic E-state index is 0.105. The largest absolute Gasteiger partial charge is 0.493 e. The monoisotopic (exact) mass is 393 g/mol. The van der Waals surface area contributed by atoms with Crippen molar-refractivity contribution in [1.29, 1.82) is 0 Å². The van der Waals surface area contributed by atoms with Gasteiger partial charge in [0.05, 0.1) is 19.9 Å². The summed E-state index contributed by atoms with van der Waals surface area (Å²) in [5, 5.41) is 3.78. The number of methoxy groups -OCH3 is 2. The van der Waals surface area contributed by atoms with Gasteiger partial charge in [-0.2, -0.15) is 0 Å². The number of imidazole rings is 1. The van der Waals surface area contributed by atoms with E-state index in [4.69, 9.17) is 14.5 Å². The number of benzene rings is 2. The van der Waals surface area contributed by atoms with E-state index in [-0.39, 0.29) is 12.1 Å². The molecule has 0 aliphatic heterocycles. The molecule has 0 saturated carbocycles. The number of nitrogens with one attached hydrogen (secondary N) is 1. The van der Waals surface area contributed by atoms with Crippen LogP contribution >= 0.6 is 0 Å². The van der Waals surface area contributed by atoms with Crippen LogP contribution in [0.2, 0.25) is 0 Å². The molecule has 154 valence electrons. The Morgan fingerprint density at radius 1 is 1.03 bits per heavy atom. The highest BCUT2D eigenvalue weighted by molar-refractivity contribution is 5.44. The van der Waals surface area contributed by atoms with E-state index in [9.17, 15) is 0 Å². The first-order valence-corrected chi connectivity index (χ1v) is 9.95. The number of hydrogen-bond donors (Lipinski definition) is 1. The molecule has 5 nitrogen and oxygen atoms in total. The van der Waals surface area contributed by atoms with Crippen molar-refractivity contribution in [2.75, 3.05) is 14.2 Å². The zero-order valence-electron chi connectivity index (χ0n) is 18.2. The third-order valence-corrected chi connectivity index (χ3v) is 5.52. The van der Waals surface area contributed by atoms with Gasteiger partial charge >= 0.3 is 0 Å². The zero-order chi connectivity index (χ0) is 21.0. The summed E-state index contributed by atoms with van der Waals surface area (Å²) >= 11 is 0. The third kappa shape index (κ3) is 4.80. The van der Waals surface area contributed by atoms with Crippen LogP contribution in [0.4, 0.5) is 0 Å². The molecule has 2 aromatic carbocycles. The number of aryl methyl sites for hydroxylation is 3. The van der Waals surface area contributed by atoms with Crippen molar-refractivity contribution >= 4 is 0 Å². The Morgan fingerprint density at radius 2 is 1.76 bits per heavy atom. The second-order valence-electron chi connectivity index (χ2n) is 7.51. The van der Waals surface area contributed by atoms with Crippen LogP contribution in [0.5, 0.6) is 11.5 Å². The molecule has 5 heteroatoms. The number of hydrogen-bond acceptors (Lipinski definition) is 4. The molecule has 1 aromatic heterocycles. The average Bonchev–Trinajstić information content (AvgIpc) is 3.07. The Labute approximate surface area is 173 Å². The van der Waals surface area contributed by atoms with Crippen LogP contribution < -0.4 is 14.8 Å². The van der Waals surface area contributed by atoms with E-state index in [1.807, 2.05) is 20.0 Å². The Morgan fingerprint density at radius 3 is 2.38 bits per heavy atom. The molecule has 0 aliphatic carbocycles. The van der Waals surface area contributed by atoms with Crippen LogP contribution in [0.3, 0.4) is 0 Å². The van der Waals surface area contributed by atoms with Crippen LogP contribution in [0.1, 0.15) is 47.2 Å². The lowest BCUT2D eigenvalue weighted by Gasteiger charge is -2.25. The number of rotatable bonds is 8. The van der Waals surface area contributed by atoms with Crippen LogP contribution in [-0.2, 0) is 13.5 Å². The van der Waals surface area contributed by atoms with Crippen molar-refractivity contribution in [3.05, 3.63) is 76.9 Å². The summed E-state index contributed by atoms with van der Waals surface area (Å²) in [6.07, 6.45) is 2.96. The van der Waals surface area contributed by atoms with Crippen LogP contribution in [0, 0.1) is 13.8 Å². The molecule has 3 aromatic rings. The summed E-state index contributed by atoms with van der Waals surface area (Å²) in [6, 6.07) is 14.9. The quantitative estimate of drug-likeness (QED) is 0.603. The van der Waals surface area contributed by atoms with Crippen molar-refractivity contribution in [2.24, 2.45) is 7.05 Å². The first kappa shape index (κ1) is 20.9. The number of nitrogens with zero attached hydrogens (tertiary/aromatic N) is 2. The normalized spacial score (nSPS) is 13.2. The van der Waals surface area contributed by atoms with E-state index < -0.39 is 0 Å². The fourth-order valence-corrected chi connectivity index (χ4v) is 3.58. The molecule has 3 rings (SSSR count). The fourth-order valence-electron chi connectivity index (χ4n) is 3.58. The number of ether oxygens (including phenoxy) is 2. The molecule has 2 atom stereocenters. The van der Waals surface area contributed by atoms with Crippen molar-refractivity contribution in [2.45, 2.75) is 39.3 Å². The highest BCUT2D eigenvalue weighted by atomic mass is 16.5. The molecule has 0 aliphatic rings. The van der Waals surface area contributed by atoms with Gasteiger partial charge in [-0.15, -0.1) is 0 Å². The van der Waals surface area contributed by atoms with Gasteiger partial charge in [0.1, 0.15) is 5.82 Å². The summed E-state index contributed by atoms with van der Waals surface area (Å²) in [5.74, 6) is 2.48. The first-order valence-electron chi connectivity index (χ1n) is 9.95. The Bertz CT molecular complexity index is 945. The maximum atomic E-state index is 5.54. The van der Waals surface area contributed by atoms with Gasteiger partial charge in [-0.1, -0.05) is 30.3 Å². The minimum Gasteiger partial charge on any atom is -0.493 e. The second kappa shape index (κ2) is 9.14. The van der Waals surface area contributed by atoms with Crippen molar-refractivity contribution < 1.29 is 9.47 Å². The maximum Gasteiger partial charge on any atom is 0.161 e. The fraction of sp³-hybridized carbons (Fsp3) is 0.375. The smallest absolute Gasteiger partial charge is 0.161 e. The lowest BCUT2D eigenvalue weighted by molar-refractivity contribution is 0.353. The standard InChI is InChI=1S/C24H31N3O2/c1-16-9-7-8-10-19(16)13-21(20-11-12-23(28-5)24(14-20)29-6)25-17(2)22-15-27(4)18(3)26-22/h7-12,14-15,17,21,25H,13H2,1-6H3/t17-,21-/m1/s1. The topological polar surface area (TPSA) is 48.3 Å². The highest BCUT2D eigenvalue weighted by Crippen LogP contribution is 2.32. The van der Waals surface area contributed by atoms with E-state index in [1.165, 1.54) is 11.1 Å². The molecule has 29 heavy (non-hydrogen) atoms. The summed E-state index contributed by atoms with van der Waals surface area (Å²) in [4.78, 5) is 4.70. The maximum absolute atomic E-state index is 5.54. The lowest BCUT2D eigenvalue weighted by atomic mass is 9.95.